The highest BCUT2D eigenvalue weighted by molar-refractivity contribution is 5.93. The van der Waals surface area contributed by atoms with Gasteiger partial charge in [-0.2, -0.15) is 0 Å². The monoisotopic (exact) mass is 390 g/mol. The van der Waals surface area contributed by atoms with Crippen molar-refractivity contribution in [3.63, 3.8) is 0 Å². The molecule has 5 rings (SSSR count). The molecule has 1 saturated heterocycles. The van der Waals surface area contributed by atoms with E-state index in [9.17, 15) is 4.79 Å². The van der Waals surface area contributed by atoms with Crippen LogP contribution in [0.5, 0.6) is 0 Å². The number of amides is 1. The summed E-state index contributed by atoms with van der Waals surface area (Å²) in [7, 11) is 0. The predicted molar refractivity (Wildman–Crippen MR) is 109 cm³/mol. The van der Waals surface area contributed by atoms with E-state index in [1.54, 1.807) is 12.4 Å². The van der Waals surface area contributed by atoms with Gasteiger partial charge in [-0.3, -0.25) is 4.79 Å². The number of nitrogens with one attached hydrogen (secondary N) is 2. The first-order chi connectivity index (χ1) is 14.0. The zero-order valence-corrected chi connectivity index (χ0v) is 16.4. The highest BCUT2D eigenvalue weighted by atomic mass is 16.4. The van der Waals surface area contributed by atoms with Crippen molar-refractivity contribution < 1.29 is 9.21 Å². The molecule has 3 heterocycles. The number of oxazole rings is 1. The van der Waals surface area contributed by atoms with Crippen LogP contribution in [0.4, 0.5) is 17.7 Å². The van der Waals surface area contributed by atoms with Crippen LogP contribution in [0, 0.1) is 13.8 Å². The number of benzene rings is 1. The van der Waals surface area contributed by atoms with Gasteiger partial charge >= 0.3 is 0 Å². The van der Waals surface area contributed by atoms with Gasteiger partial charge in [0.2, 0.25) is 11.9 Å². The van der Waals surface area contributed by atoms with E-state index in [0.29, 0.717) is 30.8 Å². The van der Waals surface area contributed by atoms with E-state index in [1.807, 2.05) is 43.0 Å². The molecule has 2 N–H and O–H groups in total. The minimum absolute atomic E-state index is 0.0729. The summed E-state index contributed by atoms with van der Waals surface area (Å²) in [5.41, 5.74) is 3.29. The van der Waals surface area contributed by atoms with Crippen molar-refractivity contribution in [1.82, 2.24) is 20.3 Å². The van der Waals surface area contributed by atoms with Crippen LogP contribution in [0.15, 0.2) is 41.1 Å². The van der Waals surface area contributed by atoms with Gasteiger partial charge in [-0.05, 0) is 56.5 Å². The largest absolute Gasteiger partial charge is 0.423 e. The molecule has 1 saturated carbocycles. The Kier molecular flexibility index (Phi) is 4.01. The van der Waals surface area contributed by atoms with E-state index in [-0.39, 0.29) is 5.91 Å². The van der Waals surface area contributed by atoms with Crippen LogP contribution in [0.1, 0.15) is 24.1 Å². The Balaban J connectivity index is 1.43. The predicted octanol–water partition coefficient (Wildman–Crippen LogP) is 2.96. The highest BCUT2D eigenvalue weighted by Crippen LogP contribution is 2.45. The van der Waals surface area contributed by atoms with Crippen molar-refractivity contribution in [3.8, 4) is 11.3 Å². The number of nitrogens with zero attached hydrogens (tertiary/aromatic N) is 4. The maximum absolute atomic E-state index is 12.3. The van der Waals surface area contributed by atoms with Crippen molar-refractivity contribution in [2.24, 2.45) is 0 Å². The maximum atomic E-state index is 12.3. The summed E-state index contributed by atoms with van der Waals surface area (Å²) in [6.07, 6.45) is 5.13. The normalized spacial score (nSPS) is 17.3. The molecule has 0 atom stereocenters. The van der Waals surface area contributed by atoms with E-state index in [2.05, 4.69) is 25.6 Å². The Labute approximate surface area is 168 Å². The molecule has 8 heteroatoms. The molecule has 2 aliphatic rings. The third kappa shape index (κ3) is 3.20. The number of anilines is 3. The number of hydrogen-bond donors (Lipinski definition) is 2. The summed E-state index contributed by atoms with van der Waals surface area (Å²) in [4.78, 5) is 27.4. The van der Waals surface area contributed by atoms with Crippen LogP contribution in [0.25, 0.3) is 11.3 Å². The average molecular weight is 390 g/mol. The summed E-state index contributed by atoms with van der Waals surface area (Å²) in [6.45, 7) is 5.26. The van der Waals surface area contributed by atoms with Crippen LogP contribution in [0.2, 0.25) is 0 Å². The molecule has 1 aromatic carbocycles. The summed E-state index contributed by atoms with van der Waals surface area (Å²) >= 11 is 0. The van der Waals surface area contributed by atoms with Gasteiger partial charge in [-0.15, -0.1) is 0 Å². The van der Waals surface area contributed by atoms with Crippen LogP contribution < -0.4 is 15.5 Å². The van der Waals surface area contributed by atoms with Gasteiger partial charge in [0.1, 0.15) is 5.54 Å². The number of rotatable bonds is 4. The lowest BCUT2D eigenvalue weighted by Gasteiger charge is -2.34. The van der Waals surface area contributed by atoms with Gasteiger partial charge < -0.3 is 20.0 Å². The van der Waals surface area contributed by atoms with E-state index >= 15 is 0 Å². The standard InChI is InChI=1S/C21H22N6O2/c1-13-9-15(11-16(10-13)26-19-23-6-3-14(2)25-19)17-12-24-20(29-17)27-8-7-22-18(28)21(27)4-5-21/h3,6,9-12H,4-5,7-8H2,1-2H3,(H,22,28)(H,23,25,26). The van der Waals surface area contributed by atoms with Crippen LogP contribution in [-0.2, 0) is 4.79 Å². The SMILES string of the molecule is Cc1cc(Nc2nccc(C)n2)cc(-c2cnc(N3CCNC(=O)C34CC4)o2)c1. The fourth-order valence-electron chi connectivity index (χ4n) is 3.84. The molecule has 148 valence electrons. The summed E-state index contributed by atoms with van der Waals surface area (Å²) in [5, 5.41) is 6.19. The topological polar surface area (TPSA) is 96.2 Å². The van der Waals surface area contributed by atoms with Gasteiger partial charge in [0.05, 0.1) is 6.20 Å². The first kappa shape index (κ1) is 17.7. The number of hydrogen-bond acceptors (Lipinski definition) is 7. The fourth-order valence-corrected chi connectivity index (χ4v) is 3.84. The van der Waals surface area contributed by atoms with Crippen molar-refractivity contribution in [1.29, 1.82) is 0 Å². The van der Waals surface area contributed by atoms with Gasteiger partial charge in [-0.25, -0.2) is 15.0 Å². The second-order valence-corrected chi connectivity index (χ2v) is 7.68. The molecule has 3 aromatic rings. The Morgan fingerprint density at radius 1 is 1.21 bits per heavy atom. The van der Waals surface area contributed by atoms with Crippen LogP contribution in [-0.4, -0.2) is 39.5 Å². The molecular weight excluding hydrogens is 368 g/mol. The van der Waals surface area contributed by atoms with Crippen molar-refractivity contribution in [3.05, 3.63) is 47.9 Å². The van der Waals surface area contributed by atoms with E-state index in [4.69, 9.17) is 4.42 Å². The second kappa shape index (κ2) is 6.58. The van der Waals surface area contributed by atoms with E-state index < -0.39 is 5.54 Å². The second-order valence-electron chi connectivity index (χ2n) is 7.68. The van der Waals surface area contributed by atoms with Gasteiger partial charge in [-0.1, -0.05) is 0 Å². The van der Waals surface area contributed by atoms with Crippen molar-refractivity contribution in [2.45, 2.75) is 32.2 Å². The first-order valence-corrected chi connectivity index (χ1v) is 9.74. The molecule has 0 unspecified atom stereocenters. The lowest BCUT2D eigenvalue weighted by molar-refractivity contribution is -0.124. The van der Waals surface area contributed by atoms with Crippen molar-refractivity contribution in [2.75, 3.05) is 23.3 Å². The number of carbonyl (C=O) groups is 1. The zero-order chi connectivity index (χ0) is 20.0. The Bertz CT molecular complexity index is 1090. The van der Waals surface area contributed by atoms with E-state index in [1.165, 1.54) is 0 Å². The van der Waals surface area contributed by atoms with Gasteiger partial charge in [0, 0.05) is 36.2 Å². The minimum Gasteiger partial charge on any atom is -0.423 e. The fraction of sp³-hybridized carbons (Fsp3) is 0.333. The Morgan fingerprint density at radius 2 is 2.07 bits per heavy atom. The Morgan fingerprint density at radius 3 is 2.86 bits per heavy atom. The third-order valence-corrected chi connectivity index (χ3v) is 5.42. The molecule has 2 aromatic heterocycles. The summed E-state index contributed by atoms with van der Waals surface area (Å²) in [5.74, 6) is 1.29. The molecule has 0 bridgehead atoms. The Hall–Kier alpha value is -3.42. The lowest BCUT2D eigenvalue weighted by Crippen LogP contribution is -2.57. The molecule has 2 fully saturated rings. The van der Waals surface area contributed by atoms with E-state index in [0.717, 1.165) is 35.3 Å². The maximum Gasteiger partial charge on any atom is 0.298 e. The van der Waals surface area contributed by atoms with Gasteiger partial charge in [0.15, 0.2) is 5.76 Å². The molecular formula is C21H22N6O2. The molecule has 29 heavy (non-hydrogen) atoms. The molecule has 0 radical (unpaired) electrons. The van der Waals surface area contributed by atoms with Crippen LogP contribution in [0.3, 0.4) is 0 Å². The van der Waals surface area contributed by atoms with Gasteiger partial charge in [0.25, 0.3) is 6.01 Å². The quantitative estimate of drug-likeness (QED) is 0.707. The minimum atomic E-state index is -0.470. The molecule has 1 spiro atoms. The zero-order valence-electron chi connectivity index (χ0n) is 16.4. The number of aryl methyl sites for hydroxylation is 2. The number of piperazine rings is 1. The number of carbonyl (C=O) groups excluding carboxylic acids is 1. The van der Waals surface area contributed by atoms with Crippen molar-refractivity contribution >= 4 is 23.6 Å². The summed E-state index contributed by atoms with van der Waals surface area (Å²) in [6, 6.07) is 8.42. The molecule has 8 nitrogen and oxygen atoms in total. The smallest absolute Gasteiger partial charge is 0.298 e. The third-order valence-electron chi connectivity index (χ3n) is 5.42. The molecule has 1 amide bonds. The average Bonchev–Trinajstić information content (AvgIpc) is 3.31. The summed E-state index contributed by atoms with van der Waals surface area (Å²) < 4.78 is 6.09. The van der Waals surface area contributed by atoms with Crippen LogP contribution >= 0.6 is 0 Å². The molecule has 1 aliphatic heterocycles. The lowest BCUT2D eigenvalue weighted by atomic mass is 10.1. The highest BCUT2D eigenvalue weighted by Gasteiger charge is 2.57. The number of aromatic nitrogens is 3. The molecule has 1 aliphatic carbocycles. The first-order valence-electron chi connectivity index (χ1n) is 9.74.